The molecule has 14 heteroatoms. The highest BCUT2D eigenvalue weighted by Crippen LogP contribution is 2.54. The highest BCUT2D eigenvalue weighted by atomic mass is 35.5. The van der Waals surface area contributed by atoms with Crippen LogP contribution in [0.3, 0.4) is 0 Å². The fourth-order valence-electron chi connectivity index (χ4n) is 3.57. The minimum Gasteiger partial charge on any atom is -0.506 e. The summed E-state index contributed by atoms with van der Waals surface area (Å²) in [6.45, 7) is -0.317. The van der Waals surface area contributed by atoms with Gasteiger partial charge in [-0.25, -0.2) is 4.79 Å². The number of carbonyl (C=O) groups is 1. The smallest absolute Gasteiger partial charge is 0.335 e. The molecule has 0 radical (unpaired) electrons. The summed E-state index contributed by atoms with van der Waals surface area (Å²) >= 11 is 5.66. The Kier molecular flexibility index (Phi) is 7.81. The van der Waals surface area contributed by atoms with Gasteiger partial charge in [-0.15, -0.1) is 0 Å². The van der Waals surface area contributed by atoms with Crippen LogP contribution in [0.2, 0.25) is 5.02 Å². The summed E-state index contributed by atoms with van der Waals surface area (Å²) in [7, 11) is 0. The van der Waals surface area contributed by atoms with Crippen LogP contribution in [0.1, 0.15) is 22.0 Å². The predicted octanol–water partition coefficient (Wildman–Crippen LogP) is 2.09. The summed E-state index contributed by atoms with van der Waals surface area (Å²) in [6.07, 6.45) is -1.59. The second-order valence-corrected chi connectivity index (χ2v) is 8.18. The van der Waals surface area contributed by atoms with Crippen molar-refractivity contribution in [2.75, 3.05) is 25.0 Å². The van der Waals surface area contributed by atoms with E-state index < -0.39 is 68.7 Å². The lowest BCUT2D eigenvalue weighted by molar-refractivity contribution is 0.0696. The molecule has 0 heterocycles. The van der Waals surface area contributed by atoms with Crippen LogP contribution in [0.25, 0.3) is 11.1 Å². The number of phenolic OH excluding ortho intramolecular Hbond substituents is 8. The van der Waals surface area contributed by atoms with Crippen LogP contribution in [0, 0.1) is 0 Å². The van der Waals surface area contributed by atoms with Gasteiger partial charge in [0.25, 0.3) is 0 Å². The van der Waals surface area contributed by atoms with E-state index in [4.69, 9.17) is 11.6 Å². The van der Waals surface area contributed by atoms with Crippen molar-refractivity contribution < 1.29 is 55.9 Å². The van der Waals surface area contributed by atoms with Crippen molar-refractivity contribution in [2.24, 2.45) is 0 Å². The number of hydrogen-bond acceptors (Lipinski definition) is 12. The van der Waals surface area contributed by atoms with Crippen LogP contribution >= 0.6 is 11.6 Å². The lowest BCUT2D eigenvalue weighted by Crippen LogP contribution is -2.27. The Labute approximate surface area is 213 Å². The molecule has 0 aromatic heterocycles. The molecule has 37 heavy (non-hydrogen) atoms. The molecule has 3 rings (SSSR count). The third-order valence-electron chi connectivity index (χ3n) is 5.44. The minimum atomic E-state index is -1.59. The third-order valence-corrected chi connectivity index (χ3v) is 5.80. The summed E-state index contributed by atoms with van der Waals surface area (Å²) < 4.78 is 0. The molecule has 0 saturated heterocycles. The maximum Gasteiger partial charge on any atom is 0.335 e. The first-order valence-electron chi connectivity index (χ1n) is 10.5. The number of aromatic hydroxyl groups is 8. The number of rotatable bonds is 9. The molecule has 0 saturated carbocycles. The predicted molar refractivity (Wildman–Crippen MR) is 130 cm³/mol. The minimum absolute atomic E-state index is 0.0285. The number of nitrogens with one attached hydrogen (secondary N) is 2. The van der Waals surface area contributed by atoms with Gasteiger partial charge in [0.05, 0.1) is 22.8 Å². The van der Waals surface area contributed by atoms with Crippen LogP contribution in [-0.4, -0.2) is 76.7 Å². The molecular weight excluding hydrogens is 516 g/mol. The lowest BCUT2D eigenvalue weighted by atomic mass is 9.99. The zero-order valence-electron chi connectivity index (χ0n) is 18.8. The van der Waals surface area contributed by atoms with Crippen LogP contribution in [-0.2, 0) is 0 Å². The van der Waals surface area contributed by atoms with E-state index in [0.717, 1.165) is 6.07 Å². The van der Waals surface area contributed by atoms with Gasteiger partial charge in [0, 0.05) is 19.6 Å². The second kappa shape index (κ2) is 10.7. The van der Waals surface area contributed by atoms with Gasteiger partial charge >= 0.3 is 5.97 Å². The number of aliphatic hydroxyl groups excluding tert-OH is 1. The molecule has 3 aromatic carbocycles. The Morgan fingerprint density at radius 1 is 0.811 bits per heavy atom. The summed E-state index contributed by atoms with van der Waals surface area (Å²) in [4.78, 5) is 11.3. The molecule has 3 aromatic rings. The Balaban J connectivity index is 1.74. The van der Waals surface area contributed by atoms with E-state index in [9.17, 15) is 55.9 Å². The van der Waals surface area contributed by atoms with E-state index in [1.54, 1.807) is 0 Å². The topological polar surface area (TPSA) is 243 Å². The Morgan fingerprint density at radius 3 is 2.11 bits per heavy atom. The van der Waals surface area contributed by atoms with Gasteiger partial charge in [-0.2, -0.15) is 0 Å². The molecule has 198 valence electrons. The molecule has 1 unspecified atom stereocenters. The number of benzene rings is 3. The molecule has 0 fully saturated rings. The normalized spacial score (nSPS) is 11.8. The number of aromatic carboxylic acids is 1. The fourth-order valence-corrected chi connectivity index (χ4v) is 3.76. The molecule has 0 amide bonds. The average molecular weight is 539 g/mol. The number of halogens is 1. The van der Waals surface area contributed by atoms with Crippen LogP contribution in [0.4, 0.5) is 5.69 Å². The molecular formula is C23H23ClN2O11. The van der Waals surface area contributed by atoms with Gasteiger partial charge in [0.2, 0.25) is 11.5 Å². The van der Waals surface area contributed by atoms with Gasteiger partial charge in [-0.3, -0.25) is 0 Å². The largest absolute Gasteiger partial charge is 0.506 e. The highest BCUT2D eigenvalue weighted by molar-refractivity contribution is 6.34. The summed E-state index contributed by atoms with van der Waals surface area (Å²) in [5, 5.41) is 105. The maximum atomic E-state index is 11.3. The summed E-state index contributed by atoms with van der Waals surface area (Å²) in [5.74, 6) is -8.46. The summed E-state index contributed by atoms with van der Waals surface area (Å²) in [5.41, 5.74) is -1.35. The van der Waals surface area contributed by atoms with Crippen LogP contribution in [0.5, 0.6) is 46.0 Å². The average Bonchev–Trinajstić information content (AvgIpc) is 2.87. The van der Waals surface area contributed by atoms with Crippen molar-refractivity contribution in [3.8, 4) is 57.1 Å². The molecule has 13 nitrogen and oxygen atoms in total. The molecule has 0 bridgehead atoms. The Bertz CT molecular complexity index is 1330. The van der Waals surface area contributed by atoms with Crippen molar-refractivity contribution in [1.82, 2.24) is 5.32 Å². The van der Waals surface area contributed by atoms with E-state index >= 15 is 0 Å². The summed E-state index contributed by atoms with van der Waals surface area (Å²) in [6, 6.07) is 5.17. The zero-order valence-corrected chi connectivity index (χ0v) is 19.5. The quantitative estimate of drug-likeness (QED) is 0.106. The first kappa shape index (κ1) is 27.1. The van der Waals surface area contributed by atoms with E-state index in [1.807, 2.05) is 0 Å². The van der Waals surface area contributed by atoms with Crippen molar-refractivity contribution in [3.05, 3.63) is 40.4 Å². The van der Waals surface area contributed by atoms with Crippen LogP contribution in [0.15, 0.2) is 24.3 Å². The fraction of sp³-hybridized carbons (Fsp3) is 0.174. The highest BCUT2D eigenvalue weighted by Gasteiger charge is 2.27. The maximum absolute atomic E-state index is 11.3. The van der Waals surface area contributed by atoms with Gasteiger partial charge in [-0.1, -0.05) is 23.7 Å². The molecule has 0 spiro atoms. The molecule has 0 aliphatic carbocycles. The van der Waals surface area contributed by atoms with E-state index in [0.29, 0.717) is 0 Å². The molecule has 0 aliphatic heterocycles. The van der Waals surface area contributed by atoms with Gasteiger partial charge in [0.1, 0.15) is 16.5 Å². The second-order valence-electron chi connectivity index (χ2n) is 7.80. The van der Waals surface area contributed by atoms with Crippen molar-refractivity contribution in [3.63, 3.8) is 0 Å². The van der Waals surface area contributed by atoms with Crippen molar-refractivity contribution in [2.45, 2.75) is 6.10 Å². The first-order chi connectivity index (χ1) is 17.4. The van der Waals surface area contributed by atoms with E-state index in [2.05, 4.69) is 10.6 Å². The standard InChI is InChI=1S/C23H23ClN2O11/c24-13-15(28)12(18(31)21(34)19(13)32)10(27)7-25-4-5-26-14-16(29)11(17(30)22(35)20(14)33)8-2-1-3-9(6-8)23(36)37/h1-3,6,10,25-35H,4-5,7H2,(H,36,37). The number of hydrogen-bond donors (Lipinski definition) is 12. The molecule has 1 atom stereocenters. The van der Waals surface area contributed by atoms with Crippen molar-refractivity contribution in [1.29, 1.82) is 0 Å². The lowest BCUT2D eigenvalue weighted by Gasteiger charge is -2.19. The number of phenols is 8. The third kappa shape index (κ3) is 5.09. The number of carboxylic acid groups (broad SMARTS) is 1. The van der Waals surface area contributed by atoms with Crippen molar-refractivity contribution >= 4 is 23.3 Å². The first-order valence-corrected chi connectivity index (χ1v) is 10.9. The van der Waals surface area contributed by atoms with Gasteiger partial charge in [-0.05, 0) is 17.7 Å². The SMILES string of the molecule is O=C(O)c1cccc(-c2c(O)c(O)c(O)c(NCCNCC(O)c3c(O)c(O)c(O)c(Cl)c3O)c2O)c1. The molecule has 12 N–H and O–H groups in total. The number of carboxylic acids is 1. The zero-order chi connectivity index (χ0) is 27.6. The number of anilines is 1. The molecule has 0 aliphatic rings. The number of aliphatic hydroxyl groups is 1. The van der Waals surface area contributed by atoms with E-state index in [1.165, 1.54) is 18.2 Å². The van der Waals surface area contributed by atoms with E-state index in [-0.39, 0.29) is 42.0 Å². The van der Waals surface area contributed by atoms with Crippen LogP contribution < -0.4 is 10.6 Å². The van der Waals surface area contributed by atoms with Gasteiger partial charge in [0.15, 0.2) is 28.7 Å². The van der Waals surface area contributed by atoms with Gasteiger partial charge < -0.3 is 61.7 Å². The Hall–Kier alpha value is -4.46. The monoisotopic (exact) mass is 538 g/mol. The Morgan fingerprint density at radius 2 is 1.46 bits per heavy atom.